The van der Waals surface area contributed by atoms with Gasteiger partial charge in [0.1, 0.15) is 0 Å². The Balaban J connectivity index is 1.79. The van der Waals surface area contributed by atoms with Gasteiger partial charge in [0.25, 0.3) is 5.88 Å². The van der Waals surface area contributed by atoms with Crippen molar-refractivity contribution in [3.8, 4) is 5.88 Å². The highest BCUT2D eigenvalue weighted by atomic mass is 16.5. The predicted octanol–water partition coefficient (Wildman–Crippen LogP) is 2.58. The van der Waals surface area contributed by atoms with Crippen LogP contribution in [0.5, 0.6) is 5.88 Å². The zero-order valence-corrected chi connectivity index (χ0v) is 12.4. The number of benzene rings is 1. The molecule has 0 spiro atoms. The Kier molecular flexibility index (Phi) is 4.50. The van der Waals surface area contributed by atoms with Crippen LogP contribution in [0.15, 0.2) is 24.3 Å². The van der Waals surface area contributed by atoms with E-state index in [1.165, 1.54) is 19.3 Å². The van der Waals surface area contributed by atoms with Crippen LogP contribution in [0.2, 0.25) is 0 Å². The van der Waals surface area contributed by atoms with Crippen molar-refractivity contribution in [3.63, 3.8) is 0 Å². The fraction of sp³-hybridized carbons (Fsp3) is 0.500. The number of hydrogen-bond acceptors (Lipinski definition) is 5. The molecule has 5 nitrogen and oxygen atoms in total. The second-order valence-electron chi connectivity index (χ2n) is 5.33. The summed E-state index contributed by atoms with van der Waals surface area (Å²) in [5.41, 5.74) is 1.75. The second-order valence-corrected chi connectivity index (χ2v) is 5.33. The van der Waals surface area contributed by atoms with Gasteiger partial charge >= 0.3 is 0 Å². The highest BCUT2D eigenvalue weighted by Gasteiger charge is 2.15. The lowest BCUT2D eigenvalue weighted by Crippen LogP contribution is -2.39. The monoisotopic (exact) mass is 286 g/mol. The first kappa shape index (κ1) is 14.1. The van der Waals surface area contributed by atoms with Gasteiger partial charge in [0.15, 0.2) is 5.82 Å². The molecule has 1 aromatic carbocycles. The molecule has 5 heteroatoms. The summed E-state index contributed by atoms with van der Waals surface area (Å²) in [6.45, 7) is 4.51. The Hall–Kier alpha value is -1.88. The minimum atomic E-state index is 0.501. The molecular formula is C16H22N4O. The Morgan fingerprint density at radius 3 is 2.76 bits per heavy atom. The molecule has 0 unspecified atom stereocenters. The standard InChI is InChI=1S/C16H22N4O/c1-2-21-16-15(18-11-12-7-5-6-10-17-12)19-13-8-3-4-9-14(13)20-16/h3-4,8-9,12,17H,2,5-7,10-11H2,1H3,(H,18,19)/t12-/m0/s1. The number of nitrogens with zero attached hydrogens (tertiary/aromatic N) is 2. The van der Waals surface area contributed by atoms with Crippen molar-refractivity contribution < 1.29 is 4.74 Å². The molecule has 2 heterocycles. The molecule has 1 aliphatic rings. The topological polar surface area (TPSA) is 59.1 Å². The van der Waals surface area contributed by atoms with Crippen molar-refractivity contribution in [2.45, 2.75) is 32.2 Å². The fourth-order valence-corrected chi connectivity index (χ4v) is 2.65. The van der Waals surface area contributed by atoms with Crippen LogP contribution in [-0.4, -0.2) is 35.7 Å². The van der Waals surface area contributed by atoms with E-state index in [9.17, 15) is 0 Å². The minimum Gasteiger partial charge on any atom is -0.475 e. The molecule has 0 amide bonds. The maximum Gasteiger partial charge on any atom is 0.258 e. The lowest BCUT2D eigenvalue weighted by atomic mass is 10.1. The minimum absolute atomic E-state index is 0.501. The van der Waals surface area contributed by atoms with Gasteiger partial charge in [-0.2, -0.15) is 0 Å². The van der Waals surface area contributed by atoms with E-state index in [1.807, 2.05) is 31.2 Å². The smallest absolute Gasteiger partial charge is 0.258 e. The number of piperidine rings is 1. The van der Waals surface area contributed by atoms with Crippen molar-refractivity contribution in [2.75, 3.05) is 25.0 Å². The summed E-state index contributed by atoms with van der Waals surface area (Å²) in [5, 5.41) is 6.93. The average molecular weight is 286 g/mol. The normalized spacial score (nSPS) is 18.6. The van der Waals surface area contributed by atoms with Crippen LogP contribution in [0.1, 0.15) is 26.2 Å². The van der Waals surface area contributed by atoms with Gasteiger partial charge in [-0.3, -0.25) is 0 Å². The number of anilines is 1. The molecule has 1 saturated heterocycles. The van der Waals surface area contributed by atoms with E-state index >= 15 is 0 Å². The number of ether oxygens (including phenoxy) is 1. The number of hydrogen-bond donors (Lipinski definition) is 2. The van der Waals surface area contributed by atoms with Gasteiger partial charge in [0.2, 0.25) is 0 Å². The first-order chi connectivity index (χ1) is 10.4. The third-order valence-corrected chi connectivity index (χ3v) is 3.75. The van der Waals surface area contributed by atoms with E-state index in [-0.39, 0.29) is 0 Å². The largest absolute Gasteiger partial charge is 0.475 e. The molecule has 0 saturated carbocycles. The van der Waals surface area contributed by atoms with Crippen molar-refractivity contribution in [1.82, 2.24) is 15.3 Å². The van der Waals surface area contributed by atoms with Crippen LogP contribution < -0.4 is 15.4 Å². The molecule has 0 bridgehead atoms. The summed E-state index contributed by atoms with van der Waals surface area (Å²) in [5.74, 6) is 1.33. The van der Waals surface area contributed by atoms with Crippen LogP contribution in [0.25, 0.3) is 11.0 Å². The van der Waals surface area contributed by atoms with E-state index in [0.717, 1.165) is 29.9 Å². The second kappa shape index (κ2) is 6.72. The molecular weight excluding hydrogens is 264 g/mol. The Labute approximate surface area is 125 Å². The van der Waals surface area contributed by atoms with Gasteiger partial charge in [0.05, 0.1) is 17.6 Å². The van der Waals surface area contributed by atoms with E-state index in [0.29, 0.717) is 18.5 Å². The summed E-state index contributed by atoms with van der Waals surface area (Å²) in [6, 6.07) is 8.37. The lowest BCUT2D eigenvalue weighted by molar-refractivity contribution is 0.328. The molecule has 2 aromatic rings. The molecule has 21 heavy (non-hydrogen) atoms. The third-order valence-electron chi connectivity index (χ3n) is 3.75. The number of para-hydroxylation sites is 2. The van der Waals surface area contributed by atoms with E-state index in [4.69, 9.17) is 4.74 Å². The molecule has 2 N–H and O–H groups in total. The van der Waals surface area contributed by atoms with Crippen molar-refractivity contribution in [1.29, 1.82) is 0 Å². The summed E-state index contributed by atoms with van der Waals surface area (Å²) in [4.78, 5) is 9.21. The van der Waals surface area contributed by atoms with Crippen LogP contribution in [0, 0.1) is 0 Å². The molecule has 0 aliphatic carbocycles. The molecule has 1 aliphatic heterocycles. The van der Waals surface area contributed by atoms with Crippen LogP contribution in [-0.2, 0) is 0 Å². The van der Waals surface area contributed by atoms with Gasteiger partial charge < -0.3 is 15.4 Å². The maximum absolute atomic E-state index is 5.63. The summed E-state index contributed by atoms with van der Waals surface area (Å²) in [7, 11) is 0. The van der Waals surface area contributed by atoms with Gasteiger partial charge in [0, 0.05) is 12.6 Å². The number of fused-ring (bicyclic) bond motifs is 1. The van der Waals surface area contributed by atoms with Gasteiger partial charge in [-0.05, 0) is 38.4 Å². The van der Waals surface area contributed by atoms with Gasteiger partial charge in [-0.15, -0.1) is 0 Å². The molecule has 112 valence electrons. The van der Waals surface area contributed by atoms with Crippen LogP contribution >= 0.6 is 0 Å². The fourth-order valence-electron chi connectivity index (χ4n) is 2.65. The summed E-state index contributed by atoms with van der Waals surface area (Å²) >= 11 is 0. The molecule has 3 rings (SSSR count). The summed E-state index contributed by atoms with van der Waals surface area (Å²) in [6.07, 6.45) is 3.77. The number of nitrogens with one attached hydrogen (secondary N) is 2. The van der Waals surface area contributed by atoms with E-state index in [1.54, 1.807) is 0 Å². The van der Waals surface area contributed by atoms with Gasteiger partial charge in [-0.25, -0.2) is 9.97 Å². The average Bonchev–Trinajstić information content (AvgIpc) is 2.54. The van der Waals surface area contributed by atoms with E-state index in [2.05, 4.69) is 20.6 Å². The SMILES string of the molecule is CCOc1nc2ccccc2nc1NC[C@@H]1CCCCN1. The molecule has 1 aromatic heterocycles. The Bertz CT molecular complexity index is 596. The lowest BCUT2D eigenvalue weighted by Gasteiger charge is -2.24. The summed E-state index contributed by atoms with van der Waals surface area (Å²) < 4.78 is 5.63. The molecule has 1 fully saturated rings. The van der Waals surface area contributed by atoms with Crippen LogP contribution in [0.3, 0.4) is 0 Å². The number of rotatable bonds is 5. The Morgan fingerprint density at radius 1 is 1.24 bits per heavy atom. The predicted molar refractivity (Wildman–Crippen MR) is 84.8 cm³/mol. The highest BCUT2D eigenvalue weighted by Crippen LogP contribution is 2.23. The molecule has 1 atom stereocenters. The quantitative estimate of drug-likeness (QED) is 0.884. The van der Waals surface area contributed by atoms with Crippen molar-refractivity contribution in [3.05, 3.63) is 24.3 Å². The van der Waals surface area contributed by atoms with Crippen molar-refractivity contribution in [2.24, 2.45) is 0 Å². The van der Waals surface area contributed by atoms with Crippen molar-refractivity contribution >= 4 is 16.9 Å². The first-order valence-electron chi connectivity index (χ1n) is 7.73. The van der Waals surface area contributed by atoms with E-state index < -0.39 is 0 Å². The maximum atomic E-state index is 5.63. The Morgan fingerprint density at radius 2 is 2.05 bits per heavy atom. The van der Waals surface area contributed by atoms with Crippen LogP contribution in [0.4, 0.5) is 5.82 Å². The first-order valence-corrected chi connectivity index (χ1v) is 7.73. The molecule has 0 radical (unpaired) electrons. The highest BCUT2D eigenvalue weighted by molar-refractivity contribution is 5.77. The number of aromatic nitrogens is 2. The zero-order chi connectivity index (χ0) is 14.5. The zero-order valence-electron chi connectivity index (χ0n) is 12.4. The third kappa shape index (κ3) is 3.42. The van der Waals surface area contributed by atoms with Gasteiger partial charge in [-0.1, -0.05) is 18.6 Å².